The zero-order chi connectivity index (χ0) is 20.8. The predicted octanol–water partition coefficient (Wildman–Crippen LogP) is 5.91. The molecular weight excluding hydrogens is 426 g/mol. The van der Waals surface area contributed by atoms with Gasteiger partial charge in [-0.2, -0.15) is 23.0 Å². The summed E-state index contributed by atoms with van der Waals surface area (Å²) in [6, 6.07) is 13.2. The summed E-state index contributed by atoms with van der Waals surface area (Å²) >= 11 is 12.3. The van der Waals surface area contributed by atoms with Crippen LogP contribution >= 0.6 is 23.2 Å². The summed E-state index contributed by atoms with van der Waals surface area (Å²) in [6.07, 6.45) is -4.25. The first kappa shape index (κ1) is 19.8. The summed E-state index contributed by atoms with van der Waals surface area (Å²) < 4.78 is 39.6. The topological polar surface area (TPSA) is 38.1 Å². The molecule has 4 nitrogen and oxygen atoms in total. The minimum absolute atomic E-state index is 0.0490. The van der Waals surface area contributed by atoms with Crippen LogP contribution < -0.4 is 0 Å². The normalized spacial score (nSPS) is 14.2. The standard InChI is InChI=1S/C20H14Cl2F3N3O/c21-13-7-5-12(6-8-13)17-16-9-10-27(11-20(23,24)25)19(29)28(16)26-18(17)14-3-1-2-4-15(14)22/h1-8H,9-11H2. The van der Waals surface area contributed by atoms with Crippen molar-refractivity contribution in [3.8, 4) is 22.4 Å². The maximum atomic E-state index is 12.8. The van der Waals surface area contributed by atoms with Crippen LogP contribution in [0.3, 0.4) is 0 Å². The number of hydrogen-bond acceptors (Lipinski definition) is 2. The fraction of sp³-hybridized carbons (Fsp3) is 0.200. The van der Waals surface area contributed by atoms with Gasteiger partial charge in [0.25, 0.3) is 0 Å². The Hall–Kier alpha value is -2.51. The van der Waals surface area contributed by atoms with E-state index in [1.54, 1.807) is 48.5 Å². The van der Waals surface area contributed by atoms with Gasteiger partial charge in [0.15, 0.2) is 0 Å². The Kier molecular flexibility index (Phi) is 5.04. The highest BCUT2D eigenvalue weighted by Gasteiger charge is 2.38. The lowest BCUT2D eigenvalue weighted by atomic mass is 9.97. The number of carbonyl (C=O) groups is 1. The molecule has 0 radical (unpaired) electrons. The van der Waals surface area contributed by atoms with Gasteiger partial charge in [0.2, 0.25) is 0 Å². The molecule has 0 saturated carbocycles. The van der Waals surface area contributed by atoms with E-state index in [2.05, 4.69) is 5.10 Å². The molecular formula is C20H14Cl2F3N3O. The van der Waals surface area contributed by atoms with Crippen LogP contribution in [0.4, 0.5) is 18.0 Å². The SMILES string of the molecule is O=C1N(CC(F)(F)F)CCc2c(-c3ccc(Cl)cc3)c(-c3ccccc3Cl)nn21. The van der Waals surface area contributed by atoms with Gasteiger partial charge in [-0.05, 0) is 23.8 Å². The van der Waals surface area contributed by atoms with Crippen LogP contribution in [0.25, 0.3) is 22.4 Å². The van der Waals surface area contributed by atoms with Crippen LogP contribution in [0.5, 0.6) is 0 Å². The van der Waals surface area contributed by atoms with Gasteiger partial charge < -0.3 is 4.90 Å². The molecule has 0 bridgehead atoms. The van der Waals surface area contributed by atoms with E-state index in [4.69, 9.17) is 23.2 Å². The Morgan fingerprint density at radius 2 is 1.72 bits per heavy atom. The Morgan fingerprint density at radius 3 is 2.38 bits per heavy atom. The van der Waals surface area contributed by atoms with E-state index < -0.39 is 18.8 Å². The van der Waals surface area contributed by atoms with Crippen molar-refractivity contribution in [2.24, 2.45) is 0 Å². The van der Waals surface area contributed by atoms with Crippen molar-refractivity contribution in [1.82, 2.24) is 14.7 Å². The Labute approximate surface area is 174 Å². The lowest BCUT2D eigenvalue weighted by Crippen LogP contribution is -2.46. The number of carbonyl (C=O) groups excluding carboxylic acids is 1. The number of alkyl halides is 3. The van der Waals surface area contributed by atoms with Crippen LogP contribution in [-0.2, 0) is 6.42 Å². The van der Waals surface area contributed by atoms with Crippen molar-refractivity contribution in [2.45, 2.75) is 12.6 Å². The largest absolute Gasteiger partial charge is 0.406 e. The van der Waals surface area contributed by atoms with E-state index in [0.29, 0.717) is 32.6 Å². The number of fused-ring (bicyclic) bond motifs is 1. The Bertz CT molecular complexity index is 1080. The lowest BCUT2D eigenvalue weighted by molar-refractivity contribution is -0.140. The molecule has 3 aromatic rings. The summed E-state index contributed by atoms with van der Waals surface area (Å²) in [7, 11) is 0. The molecule has 29 heavy (non-hydrogen) atoms. The summed E-state index contributed by atoms with van der Waals surface area (Å²) in [4.78, 5) is 13.5. The van der Waals surface area contributed by atoms with Gasteiger partial charge in [-0.15, -0.1) is 0 Å². The van der Waals surface area contributed by atoms with Crippen molar-refractivity contribution >= 4 is 29.2 Å². The molecule has 1 amide bonds. The fourth-order valence-corrected chi connectivity index (χ4v) is 3.79. The maximum absolute atomic E-state index is 12.8. The van der Waals surface area contributed by atoms with E-state index in [-0.39, 0.29) is 13.0 Å². The fourth-order valence-electron chi connectivity index (χ4n) is 3.44. The molecule has 150 valence electrons. The quantitative estimate of drug-likeness (QED) is 0.508. The second kappa shape index (κ2) is 7.39. The lowest BCUT2D eigenvalue weighted by Gasteiger charge is -2.28. The highest BCUT2D eigenvalue weighted by Crippen LogP contribution is 2.39. The van der Waals surface area contributed by atoms with Crippen molar-refractivity contribution < 1.29 is 18.0 Å². The molecule has 4 rings (SSSR count). The van der Waals surface area contributed by atoms with Gasteiger partial charge in [0.05, 0.1) is 10.7 Å². The summed E-state index contributed by atoms with van der Waals surface area (Å²) in [5.74, 6) is 0. The molecule has 1 aromatic heterocycles. The van der Waals surface area contributed by atoms with Crippen molar-refractivity contribution in [3.63, 3.8) is 0 Å². The van der Waals surface area contributed by atoms with Crippen molar-refractivity contribution in [2.75, 3.05) is 13.1 Å². The van der Waals surface area contributed by atoms with Crippen LogP contribution in [-0.4, -0.2) is 40.0 Å². The zero-order valence-electron chi connectivity index (χ0n) is 14.9. The number of hydrogen-bond donors (Lipinski definition) is 0. The van der Waals surface area contributed by atoms with E-state index in [0.717, 1.165) is 15.1 Å². The summed E-state index contributed by atoms with van der Waals surface area (Å²) in [5, 5.41) is 5.35. The number of rotatable bonds is 3. The van der Waals surface area contributed by atoms with Crippen molar-refractivity contribution in [3.05, 3.63) is 64.3 Å². The molecule has 0 fully saturated rings. The van der Waals surface area contributed by atoms with E-state index >= 15 is 0 Å². The first-order chi connectivity index (χ1) is 13.7. The molecule has 2 aromatic carbocycles. The highest BCUT2D eigenvalue weighted by molar-refractivity contribution is 6.33. The number of benzene rings is 2. The number of halogens is 5. The third-order valence-electron chi connectivity index (χ3n) is 4.68. The van der Waals surface area contributed by atoms with Crippen LogP contribution in [0.15, 0.2) is 48.5 Å². The molecule has 1 aliphatic rings. The molecule has 1 aliphatic heterocycles. The molecule has 0 unspecified atom stereocenters. The zero-order valence-corrected chi connectivity index (χ0v) is 16.4. The average molecular weight is 440 g/mol. The van der Waals surface area contributed by atoms with Gasteiger partial charge >= 0.3 is 12.2 Å². The van der Waals surface area contributed by atoms with E-state index in [9.17, 15) is 18.0 Å². The highest BCUT2D eigenvalue weighted by atomic mass is 35.5. The van der Waals surface area contributed by atoms with Gasteiger partial charge in [-0.25, -0.2) is 4.79 Å². The molecule has 0 spiro atoms. The molecule has 0 saturated heterocycles. The van der Waals surface area contributed by atoms with E-state index in [1.165, 1.54) is 0 Å². The van der Waals surface area contributed by atoms with Gasteiger partial charge in [0, 0.05) is 29.1 Å². The third-order valence-corrected chi connectivity index (χ3v) is 5.26. The molecule has 0 aliphatic carbocycles. The monoisotopic (exact) mass is 439 g/mol. The minimum Gasteiger partial charge on any atom is -0.313 e. The van der Waals surface area contributed by atoms with E-state index in [1.807, 2.05) is 0 Å². The molecule has 9 heteroatoms. The van der Waals surface area contributed by atoms with Gasteiger partial charge in [0.1, 0.15) is 12.2 Å². The minimum atomic E-state index is -4.48. The molecule has 0 atom stereocenters. The average Bonchev–Trinajstić information content (AvgIpc) is 3.04. The second-order valence-corrected chi connectivity index (χ2v) is 7.48. The predicted molar refractivity (Wildman–Crippen MR) is 105 cm³/mol. The Morgan fingerprint density at radius 1 is 1.03 bits per heavy atom. The number of amides is 1. The number of nitrogens with zero attached hydrogens (tertiary/aromatic N) is 3. The molecule has 0 N–H and O–H groups in total. The maximum Gasteiger partial charge on any atom is 0.406 e. The Balaban J connectivity index is 1.89. The third kappa shape index (κ3) is 3.84. The molecule has 2 heterocycles. The van der Waals surface area contributed by atoms with Gasteiger partial charge in [-0.3, -0.25) is 0 Å². The number of aromatic nitrogens is 2. The second-order valence-electron chi connectivity index (χ2n) is 6.64. The van der Waals surface area contributed by atoms with Crippen molar-refractivity contribution in [1.29, 1.82) is 0 Å². The van der Waals surface area contributed by atoms with Crippen LogP contribution in [0, 0.1) is 0 Å². The van der Waals surface area contributed by atoms with Gasteiger partial charge in [-0.1, -0.05) is 53.5 Å². The first-order valence-electron chi connectivity index (χ1n) is 8.73. The van der Waals surface area contributed by atoms with Crippen LogP contribution in [0.2, 0.25) is 10.0 Å². The van der Waals surface area contributed by atoms with Crippen LogP contribution in [0.1, 0.15) is 5.69 Å². The smallest absolute Gasteiger partial charge is 0.313 e. The first-order valence-corrected chi connectivity index (χ1v) is 9.49. The summed E-state index contributed by atoms with van der Waals surface area (Å²) in [6.45, 7) is -1.37. The summed E-state index contributed by atoms with van der Waals surface area (Å²) in [5.41, 5.74) is 2.99.